The van der Waals surface area contributed by atoms with Gasteiger partial charge in [-0.3, -0.25) is 0 Å². The molecule has 0 radical (unpaired) electrons. The van der Waals surface area contributed by atoms with Crippen molar-refractivity contribution >= 4 is 17.0 Å². The zero-order chi connectivity index (χ0) is 19.1. The zero-order valence-electron chi connectivity index (χ0n) is 16.1. The van der Waals surface area contributed by atoms with Crippen molar-refractivity contribution in [1.82, 2.24) is 9.55 Å². The minimum Gasteiger partial charge on any atom is -0.507 e. The molecule has 0 spiro atoms. The van der Waals surface area contributed by atoms with Crippen LogP contribution in [0.3, 0.4) is 0 Å². The lowest BCUT2D eigenvalue weighted by atomic mass is 10.1. The van der Waals surface area contributed by atoms with E-state index in [1.54, 1.807) is 0 Å². The normalized spacial score (nSPS) is 11.0. The molecule has 0 amide bonds. The van der Waals surface area contributed by atoms with E-state index in [0.29, 0.717) is 18.7 Å². The number of phenols is 1. The molecule has 0 fully saturated rings. The van der Waals surface area contributed by atoms with Crippen LogP contribution in [0.15, 0.2) is 55.1 Å². The molecule has 27 heavy (non-hydrogen) atoms. The highest BCUT2D eigenvalue weighted by Crippen LogP contribution is 2.25. The maximum absolute atomic E-state index is 10.5. The first-order valence-corrected chi connectivity index (χ1v) is 9.84. The fourth-order valence-electron chi connectivity index (χ4n) is 3.42. The predicted octanol–water partition coefficient (Wildman–Crippen LogP) is 5.66. The monoisotopic (exact) mass is 363 g/mol. The van der Waals surface area contributed by atoms with Gasteiger partial charge in [0.2, 0.25) is 5.95 Å². The molecule has 0 aliphatic carbocycles. The molecule has 4 heteroatoms. The van der Waals surface area contributed by atoms with Gasteiger partial charge in [-0.05, 0) is 30.5 Å². The number of hydrogen-bond donors (Lipinski definition) is 2. The summed E-state index contributed by atoms with van der Waals surface area (Å²) in [4.78, 5) is 4.77. The van der Waals surface area contributed by atoms with Gasteiger partial charge in [-0.15, -0.1) is 6.58 Å². The highest BCUT2D eigenvalue weighted by Gasteiger charge is 2.11. The van der Waals surface area contributed by atoms with Gasteiger partial charge >= 0.3 is 0 Å². The number of rotatable bonds is 10. The van der Waals surface area contributed by atoms with E-state index in [1.165, 1.54) is 19.3 Å². The Morgan fingerprint density at radius 1 is 1.07 bits per heavy atom. The van der Waals surface area contributed by atoms with Crippen molar-refractivity contribution < 1.29 is 5.11 Å². The number of fused-ring (bicyclic) bond motifs is 1. The number of aromatic hydroxyl groups is 1. The summed E-state index contributed by atoms with van der Waals surface area (Å²) in [6.45, 7) is 7.47. The Kier molecular flexibility index (Phi) is 6.53. The van der Waals surface area contributed by atoms with Crippen molar-refractivity contribution in [1.29, 1.82) is 0 Å². The van der Waals surface area contributed by atoms with Crippen molar-refractivity contribution in [3.05, 3.63) is 66.2 Å². The number of allylic oxidation sites excluding steroid dienone is 1. The van der Waals surface area contributed by atoms with Crippen LogP contribution in [-0.2, 0) is 19.5 Å². The molecule has 3 aromatic rings. The molecule has 0 saturated carbocycles. The summed E-state index contributed by atoms with van der Waals surface area (Å²) < 4.78 is 2.26. The van der Waals surface area contributed by atoms with E-state index in [0.717, 1.165) is 41.1 Å². The Morgan fingerprint density at radius 2 is 1.89 bits per heavy atom. The molecule has 0 atom stereocenters. The van der Waals surface area contributed by atoms with E-state index in [2.05, 4.69) is 35.5 Å². The van der Waals surface area contributed by atoms with Crippen LogP contribution in [0, 0.1) is 0 Å². The standard InChI is InChI=1S/C23H29N3O/c1-3-5-6-9-16-26-21-15-8-7-14-20(21)25-23(26)24-17-19-13-10-12-18(11-4-2)22(19)27/h4,7-8,10,12-15,27H,2-3,5-6,9,11,16-17H2,1H3,(H,24,25). The smallest absolute Gasteiger partial charge is 0.204 e. The number of hydrogen-bond acceptors (Lipinski definition) is 3. The van der Waals surface area contributed by atoms with Gasteiger partial charge in [0.05, 0.1) is 11.0 Å². The minimum absolute atomic E-state index is 0.343. The van der Waals surface area contributed by atoms with E-state index in [1.807, 2.05) is 36.4 Å². The number of anilines is 1. The summed E-state index contributed by atoms with van der Waals surface area (Å²) in [7, 11) is 0. The van der Waals surface area contributed by atoms with Gasteiger partial charge in [-0.2, -0.15) is 0 Å². The number of aryl methyl sites for hydroxylation is 1. The first-order valence-electron chi connectivity index (χ1n) is 9.84. The van der Waals surface area contributed by atoms with Crippen LogP contribution in [0.4, 0.5) is 5.95 Å². The average Bonchev–Trinajstić information content (AvgIpc) is 3.04. The first-order chi connectivity index (χ1) is 13.2. The van der Waals surface area contributed by atoms with Crippen LogP contribution in [0.25, 0.3) is 11.0 Å². The molecule has 0 saturated heterocycles. The van der Waals surface area contributed by atoms with Gasteiger partial charge in [0, 0.05) is 18.7 Å². The van der Waals surface area contributed by atoms with Crippen molar-refractivity contribution in [3.8, 4) is 5.75 Å². The molecule has 4 nitrogen and oxygen atoms in total. The zero-order valence-corrected chi connectivity index (χ0v) is 16.1. The summed E-state index contributed by atoms with van der Waals surface area (Å²) >= 11 is 0. The van der Waals surface area contributed by atoms with E-state index in [4.69, 9.17) is 4.98 Å². The van der Waals surface area contributed by atoms with Gasteiger partial charge in [-0.1, -0.05) is 62.6 Å². The molecule has 1 heterocycles. The summed E-state index contributed by atoms with van der Waals surface area (Å²) in [5, 5.41) is 13.9. The Labute approximate surface area is 161 Å². The van der Waals surface area contributed by atoms with Gasteiger partial charge < -0.3 is 15.0 Å². The number of benzene rings is 2. The Bertz CT molecular complexity index is 898. The Hall–Kier alpha value is -2.75. The Morgan fingerprint density at radius 3 is 2.70 bits per heavy atom. The third-order valence-electron chi connectivity index (χ3n) is 4.89. The molecule has 2 aromatic carbocycles. The van der Waals surface area contributed by atoms with Crippen LogP contribution in [0.1, 0.15) is 43.7 Å². The van der Waals surface area contributed by atoms with Gasteiger partial charge in [0.25, 0.3) is 0 Å². The predicted molar refractivity (Wildman–Crippen MR) is 113 cm³/mol. The number of nitrogens with one attached hydrogen (secondary N) is 1. The summed E-state index contributed by atoms with van der Waals surface area (Å²) in [5.41, 5.74) is 3.93. The SMILES string of the molecule is C=CCc1cccc(CNc2nc3ccccc3n2CCCCCC)c1O. The van der Waals surface area contributed by atoms with E-state index >= 15 is 0 Å². The number of imidazole rings is 1. The topological polar surface area (TPSA) is 50.1 Å². The molecule has 0 aliphatic heterocycles. The second-order valence-corrected chi connectivity index (χ2v) is 6.91. The molecule has 0 aliphatic rings. The second kappa shape index (κ2) is 9.26. The molecule has 0 bridgehead atoms. The fraction of sp³-hybridized carbons (Fsp3) is 0.348. The molecule has 2 N–H and O–H groups in total. The lowest BCUT2D eigenvalue weighted by Crippen LogP contribution is -2.08. The molecule has 0 unspecified atom stereocenters. The van der Waals surface area contributed by atoms with Gasteiger partial charge in [0.15, 0.2) is 0 Å². The number of nitrogens with zero attached hydrogens (tertiary/aromatic N) is 2. The van der Waals surface area contributed by atoms with Gasteiger partial charge in [-0.25, -0.2) is 4.98 Å². The summed E-state index contributed by atoms with van der Waals surface area (Å²) in [6, 6.07) is 14.1. The fourth-order valence-corrected chi connectivity index (χ4v) is 3.42. The molecule has 3 rings (SSSR count). The largest absolute Gasteiger partial charge is 0.507 e. The summed E-state index contributed by atoms with van der Waals surface area (Å²) in [6.07, 6.45) is 7.34. The quantitative estimate of drug-likeness (QED) is 0.361. The van der Waals surface area contributed by atoms with E-state index < -0.39 is 0 Å². The van der Waals surface area contributed by atoms with E-state index in [-0.39, 0.29) is 0 Å². The maximum Gasteiger partial charge on any atom is 0.204 e. The second-order valence-electron chi connectivity index (χ2n) is 6.91. The van der Waals surface area contributed by atoms with Crippen molar-refractivity contribution in [2.75, 3.05) is 5.32 Å². The molecule has 142 valence electrons. The van der Waals surface area contributed by atoms with Crippen LogP contribution in [0.2, 0.25) is 0 Å². The van der Waals surface area contributed by atoms with Crippen LogP contribution >= 0.6 is 0 Å². The highest BCUT2D eigenvalue weighted by atomic mass is 16.3. The number of aromatic nitrogens is 2. The lowest BCUT2D eigenvalue weighted by Gasteiger charge is -2.13. The number of unbranched alkanes of at least 4 members (excludes halogenated alkanes) is 3. The maximum atomic E-state index is 10.5. The van der Waals surface area contributed by atoms with Crippen LogP contribution in [-0.4, -0.2) is 14.7 Å². The van der Waals surface area contributed by atoms with Crippen molar-refractivity contribution in [2.45, 2.75) is 52.1 Å². The van der Waals surface area contributed by atoms with Crippen molar-refractivity contribution in [3.63, 3.8) is 0 Å². The Balaban J connectivity index is 1.80. The highest BCUT2D eigenvalue weighted by molar-refractivity contribution is 5.78. The first kappa shape index (κ1) is 19.0. The third kappa shape index (κ3) is 4.51. The number of phenolic OH excluding ortho intramolecular Hbond substituents is 1. The molecular formula is C23H29N3O. The molecule has 1 aromatic heterocycles. The molecular weight excluding hydrogens is 334 g/mol. The average molecular weight is 364 g/mol. The van der Waals surface area contributed by atoms with Crippen LogP contribution < -0.4 is 5.32 Å². The number of para-hydroxylation sites is 3. The summed E-state index contributed by atoms with van der Waals surface area (Å²) in [5.74, 6) is 1.21. The van der Waals surface area contributed by atoms with E-state index in [9.17, 15) is 5.11 Å². The third-order valence-corrected chi connectivity index (χ3v) is 4.89. The van der Waals surface area contributed by atoms with Gasteiger partial charge in [0.1, 0.15) is 5.75 Å². The van der Waals surface area contributed by atoms with Crippen molar-refractivity contribution in [2.24, 2.45) is 0 Å². The minimum atomic E-state index is 0.343. The van der Waals surface area contributed by atoms with Crippen LogP contribution in [0.5, 0.6) is 5.75 Å². The lowest BCUT2D eigenvalue weighted by molar-refractivity contribution is 0.463.